The number of carboxylic acid groups (broad SMARTS) is 1. The first kappa shape index (κ1) is 33.7. The average molecular weight is 611 g/mol. The second-order valence-corrected chi connectivity index (χ2v) is 13.8. The van der Waals surface area contributed by atoms with Gasteiger partial charge < -0.3 is 9.84 Å². The molecule has 232 valence electrons. The van der Waals surface area contributed by atoms with Crippen LogP contribution in [0, 0.1) is 0 Å². The molecule has 2 aromatic heterocycles. The van der Waals surface area contributed by atoms with Crippen LogP contribution in [0.25, 0.3) is 0 Å². The Morgan fingerprint density at radius 3 is 2.30 bits per heavy atom. The van der Waals surface area contributed by atoms with E-state index in [0.717, 1.165) is 29.7 Å². The summed E-state index contributed by atoms with van der Waals surface area (Å²) in [7, 11) is -4.01. The molecule has 1 aromatic carbocycles. The highest BCUT2D eigenvalue weighted by Crippen LogP contribution is 2.30. The second-order valence-electron chi connectivity index (χ2n) is 12.1. The summed E-state index contributed by atoms with van der Waals surface area (Å²) >= 11 is 0. The lowest BCUT2D eigenvalue weighted by molar-refractivity contribution is -0.135. The van der Waals surface area contributed by atoms with Crippen LogP contribution in [0.1, 0.15) is 83.7 Å². The molecule has 3 aromatic rings. The number of nitrogens with one attached hydrogen (secondary N) is 1. The molecule has 0 aliphatic carbocycles. The van der Waals surface area contributed by atoms with Gasteiger partial charge in [0.05, 0.1) is 11.7 Å². The van der Waals surface area contributed by atoms with Crippen molar-refractivity contribution >= 4 is 27.9 Å². The van der Waals surface area contributed by atoms with Gasteiger partial charge in [0.1, 0.15) is 22.9 Å². The van der Waals surface area contributed by atoms with Crippen molar-refractivity contribution in [2.24, 2.45) is 0 Å². The third-order valence-electron chi connectivity index (χ3n) is 6.87. The van der Waals surface area contributed by atoms with E-state index in [-0.39, 0.29) is 22.5 Å². The first-order valence-corrected chi connectivity index (χ1v) is 15.8. The average Bonchev–Trinajstić information content (AvgIpc) is 2.94. The smallest absolute Gasteiger partial charge is 0.416 e. The van der Waals surface area contributed by atoms with Gasteiger partial charge in [0.25, 0.3) is 0 Å². The minimum absolute atomic E-state index is 0.000982. The van der Waals surface area contributed by atoms with Crippen molar-refractivity contribution in [3.05, 3.63) is 83.8 Å². The normalized spacial score (nSPS) is 12.9. The number of carboxylic acids is 1. The molecule has 0 aliphatic rings. The van der Waals surface area contributed by atoms with Gasteiger partial charge in [-0.3, -0.25) is 14.7 Å². The molecule has 43 heavy (non-hydrogen) atoms. The lowest BCUT2D eigenvalue weighted by Gasteiger charge is -2.27. The number of amides is 1. The number of ether oxygens (including phenoxy) is 1. The van der Waals surface area contributed by atoms with Gasteiger partial charge in [0, 0.05) is 12.4 Å². The van der Waals surface area contributed by atoms with Crippen molar-refractivity contribution in [1.29, 1.82) is 0 Å². The van der Waals surface area contributed by atoms with Crippen LogP contribution in [0.15, 0.2) is 71.9 Å². The van der Waals surface area contributed by atoms with E-state index in [2.05, 4.69) is 47.6 Å². The van der Waals surface area contributed by atoms with E-state index in [1.807, 2.05) is 12.1 Å². The van der Waals surface area contributed by atoms with Gasteiger partial charge in [-0.05, 0) is 74.4 Å². The number of unbranched alkanes of at least 4 members (excludes halogenated alkanes) is 1. The van der Waals surface area contributed by atoms with Crippen molar-refractivity contribution in [3.8, 4) is 0 Å². The Morgan fingerprint density at radius 1 is 1.02 bits per heavy atom. The number of sulfonamides is 1. The molecule has 1 atom stereocenters. The maximum Gasteiger partial charge on any atom is 0.416 e. The van der Waals surface area contributed by atoms with Crippen LogP contribution in [0.4, 0.5) is 10.6 Å². The Morgan fingerprint density at radius 2 is 1.72 bits per heavy atom. The van der Waals surface area contributed by atoms with Crippen LogP contribution in [0.3, 0.4) is 0 Å². The Hall–Kier alpha value is -3.83. The van der Waals surface area contributed by atoms with Gasteiger partial charge in [-0.1, -0.05) is 63.9 Å². The molecule has 3 rings (SSSR count). The molecule has 11 heteroatoms. The molecule has 2 heterocycles. The highest BCUT2D eigenvalue weighted by molar-refractivity contribution is 7.89. The fraction of sp³-hybridized carbons (Fsp3) is 0.438. The Labute approximate surface area is 254 Å². The molecule has 1 amide bonds. The summed E-state index contributed by atoms with van der Waals surface area (Å²) in [6, 6.07) is 14.9. The molecule has 0 spiro atoms. The molecule has 0 bridgehead atoms. The molecule has 0 saturated heterocycles. The SMILES string of the molecule is CCCCC(C)(C)c1ccc(CC(NS(=O)(=O)c2cccnc2)c2cccc(N(CC(=O)O)C(=O)OC(C)(C)C)n2)cc1. The number of hydrogen-bond donors (Lipinski definition) is 2. The zero-order valence-corrected chi connectivity index (χ0v) is 26.5. The summed E-state index contributed by atoms with van der Waals surface area (Å²) in [6.07, 6.45) is 5.40. The zero-order chi connectivity index (χ0) is 31.8. The van der Waals surface area contributed by atoms with Crippen LogP contribution < -0.4 is 9.62 Å². The van der Waals surface area contributed by atoms with Crippen molar-refractivity contribution in [3.63, 3.8) is 0 Å². The number of anilines is 1. The number of aliphatic carboxylic acids is 1. The molecule has 10 nitrogen and oxygen atoms in total. The summed E-state index contributed by atoms with van der Waals surface area (Å²) in [5.41, 5.74) is 1.50. The summed E-state index contributed by atoms with van der Waals surface area (Å²) < 4.78 is 34.9. The number of carbonyl (C=O) groups is 2. The summed E-state index contributed by atoms with van der Waals surface area (Å²) in [4.78, 5) is 34.0. The van der Waals surface area contributed by atoms with Crippen molar-refractivity contribution < 1.29 is 27.9 Å². The third-order valence-corrected chi connectivity index (χ3v) is 8.33. The number of nitrogens with zero attached hydrogens (tertiary/aromatic N) is 3. The van der Waals surface area contributed by atoms with E-state index in [1.54, 1.807) is 32.9 Å². The van der Waals surface area contributed by atoms with Gasteiger partial charge in [-0.15, -0.1) is 0 Å². The predicted octanol–water partition coefficient (Wildman–Crippen LogP) is 6.03. The van der Waals surface area contributed by atoms with E-state index in [1.165, 1.54) is 36.2 Å². The van der Waals surface area contributed by atoms with E-state index < -0.39 is 40.3 Å². The van der Waals surface area contributed by atoms with Crippen LogP contribution in [0.5, 0.6) is 0 Å². The van der Waals surface area contributed by atoms with Crippen LogP contribution in [-0.2, 0) is 31.4 Å². The summed E-state index contributed by atoms with van der Waals surface area (Å²) in [5.74, 6) is -1.23. The standard InChI is InChI=1S/C32H42N4O6S/c1-7-8-18-32(5,6)24-16-14-23(15-17-24)20-27(35-43(40,41)25-11-10-19-33-21-25)26-12-9-13-28(34-26)36(22-29(37)38)30(39)42-31(2,3)4/h9-17,19,21,27,35H,7-8,18,20,22H2,1-6H3,(H,37,38). The van der Waals surface area contributed by atoms with Crippen LogP contribution >= 0.6 is 0 Å². The maximum absolute atomic E-state index is 13.4. The summed E-state index contributed by atoms with van der Waals surface area (Å²) in [5, 5.41) is 9.50. The first-order valence-electron chi connectivity index (χ1n) is 14.3. The number of rotatable bonds is 13. The largest absolute Gasteiger partial charge is 0.480 e. The second kappa shape index (κ2) is 14.1. The maximum atomic E-state index is 13.4. The minimum Gasteiger partial charge on any atom is -0.480 e. The van der Waals surface area contributed by atoms with E-state index in [0.29, 0.717) is 5.69 Å². The van der Waals surface area contributed by atoms with Gasteiger partial charge in [-0.2, -0.15) is 0 Å². The van der Waals surface area contributed by atoms with Crippen molar-refractivity contribution in [2.45, 2.75) is 89.2 Å². The van der Waals surface area contributed by atoms with Crippen molar-refractivity contribution in [2.75, 3.05) is 11.4 Å². The van der Waals surface area contributed by atoms with E-state index in [9.17, 15) is 23.1 Å². The Kier molecular flexibility index (Phi) is 11.0. The number of hydrogen-bond acceptors (Lipinski definition) is 7. The predicted molar refractivity (Wildman–Crippen MR) is 165 cm³/mol. The number of aromatic nitrogens is 2. The van der Waals surface area contributed by atoms with Gasteiger partial charge in [0.15, 0.2) is 0 Å². The van der Waals surface area contributed by atoms with Gasteiger partial charge >= 0.3 is 12.1 Å². The topological polar surface area (TPSA) is 139 Å². The van der Waals surface area contributed by atoms with Crippen molar-refractivity contribution in [1.82, 2.24) is 14.7 Å². The third kappa shape index (κ3) is 9.86. The Bertz CT molecular complexity index is 1490. The minimum atomic E-state index is -4.01. The molecule has 2 N–H and O–H groups in total. The Balaban J connectivity index is 2.01. The molecular weight excluding hydrogens is 568 g/mol. The van der Waals surface area contributed by atoms with Crippen LogP contribution in [-0.4, -0.2) is 47.7 Å². The quantitative estimate of drug-likeness (QED) is 0.239. The fourth-order valence-electron chi connectivity index (χ4n) is 4.53. The summed E-state index contributed by atoms with van der Waals surface area (Å²) in [6.45, 7) is 10.9. The molecule has 0 saturated carbocycles. The molecule has 0 fully saturated rings. The molecule has 1 unspecified atom stereocenters. The van der Waals surface area contributed by atoms with E-state index in [4.69, 9.17) is 4.74 Å². The highest BCUT2D eigenvalue weighted by atomic mass is 32.2. The zero-order valence-electron chi connectivity index (χ0n) is 25.7. The number of pyridine rings is 2. The lowest BCUT2D eigenvalue weighted by atomic mass is 9.80. The number of carbonyl (C=O) groups excluding carboxylic acids is 1. The first-order chi connectivity index (χ1) is 20.1. The lowest BCUT2D eigenvalue weighted by Crippen LogP contribution is -2.40. The highest BCUT2D eigenvalue weighted by Gasteiger charge is 2.29. The van der Waals surface area contributed by atoms with Gasteiger partial charge in [0.2, 0.25) is 10.0 Å². The molecular formula is C32H42N4O6S. The monoisotopic (exact) mass is 610 g/mol. The molecule has 0 radical (unpaired) electrons. The number of benzene rings is 1. The molecule has 0 aliphatic heterocycles. The van der Waals surface area contributed by atoms with Crippen LogP contribution in [0.2, 0.25) is 0 Å². The fourth-order valence-corrected chi connectivity index (χ4v) is 5.71. The van der Waals surface area contributed by atoms with E-state index >= 15 is 0 Å². The van der Waals surface area contributed by atoms with Gasteiger partial charge in [-0.25, -0.2) is 22.9 Å².